The van der Waals surface area contributed by atoms with Gasteiger partial charge in [0.15, 0.2) is 5.06 Å². The molecule has 3 rings (SSSR count). The van der Waals surface area contributed by atoms with E-state index in [-0.39, 0.29) is 12.3 Å². The molecule has 0 aliphatic carbocycles. The molecule has 130 valence electrons. The van der Waals surface area contributed by atoms with E-state index in [9.17, 15) is 15.4 Å². The van der Waals surface area contributed by atoms with E-state index in [0.717, 1.165) is 16.7 Å². The largest absolute Gasteiger partial charge is 0.478 e. The highest BCUT2D eigenvalue weighted by Crippen LogP contribution is 2.39. The van der Waals surface area contributed by atoms with Crippen molar-refractivity contribution in [2.75, 3.05) is 0 Å². The van der Waals surface area contributed by atoms with Crippen molar-refractivity contribution < 1.29 is 9.66 Å². The van der Waals surface area contributed by atoms with Crippen LogP contribution in [0.2, 0.25) is 10.0 Å². The van der Waals surface area contributed by atoms with Crippen molar-refractivity contribution in [3.63, 3.8) is 0 Å². The van der Waals surface area contributed by atoms with Gasteiger partial charge in [-0.15, -0.1) is 11.3 Å². The zero-order valence-corrected chi connectivity index (χ0v) is 15.4. The Morgan fingerprint density at radius 2 is 1.88 bits per heavy atom. The van der Waals surface area contributed by atoms with Crippen LogP contribution in [0.5, 0.6) is 5.06 Å². The summed E-state index contributed by atoms with van der Waals surface area (Å²) in [5, 5.41) is 23.3. The first-order valence-corrected chi connectivity index (χ1v) is 8.96. The van der Waals surface area contributed by atoms with Gasteiger partial charge >= 0.3 is 0 Å². The minimum Gasteiger partial charge on any atom is -0.478 e. The minimum atomic E-state index is -0.457. The molecule has 0 amide bonds. The Labute approximate surface area is 163 Å². The second kappa shape index (κ2) is 7.75. The summed E-state index contributed by atoms with van der Waals surface area (Å²) in [6.45, 7) is 0.202. The number of nitro groups is 1. The lowest BCUT2D eigenvalue weighted by atomic mass is 10.1. The number of ether oxygens (including phenoxy) is 1. The molecule has 3 aromatic rings. The zero-order valence-electron chi connectivity index (χ0n) is 13.1. The van der Waals surface area contributed by atoms with E-state index in [1.165, 1.54) is 23.5 Å². The van der Waals surface area contributed by atoms with Crippen molar-refractivity contribution in [1.82, 2.24) is 0 Å². The molecule has 1 aromatic heterocycles. The van der Waals surface area contributed by atoms with Crippen LogP contribution in [-0.2, 0) is 6.61 Å². The fourth-order valence-corrected chi connectivity index (χ4v) is 3.47. The van der Waals surface area contributed by atoms with Crippen LogP contribution in [0.4, 0.5) is 5.69 Å². The van der Waals surface area contributed by atoms with E-state index in [2.05, 4.69) is 6.07 Å². The molecular formula is C18H10Cl2N2O3S. The summed E-state index contributed by atoms with van der Waals surface area (Å²) in [6.07, 6.45) is 0. The molecule has 5 nitrogen and oxygen atoms in total. The maximum atomic E-state index is 10.7. The number of halogens is 2. The van der Waals surface area contributed by atoms with Crippen molar-refractivity contribution >= 4 is 40.2 Å². The van der Waals surface area contributed by atoms with Crippen molar-refractivity contribution in [3.05, 3.63) is 79.1 Å². The lowest BCUT2D eigenvalue weighted by molar-refractivity contribution is -0.384. The highest BCUT2D eigenvalue weighted by atomic mass is 35.5. The first-order valence-electron chi connectivity index (χ1n) is 7.32. The Morgan fingerprint density at radius 1 is 1.15 bits per heavy atom. The van der Waals surface area contributed by atoms with Crippen molar-refractivity contribution in [3.8, 4) is 22.3 Å². The van der Waals surface area contributed by atoms with E-state index in [0.29, 0.717) is 20.7 Å². The van der Waals surface area contributed by atoms with Gasteiger partial charge in [-0.05, 0) is 35.4 Å². The normalized spacial score (nSPS) is 10.3. The molecule has 2 aromatic carbocycles. The van der Waals surface area contributed by atoms with Gasteiger partial charge in [-0.3, -0.25) is 10.1 Å². The maximum Gasteiger partial charge on any atom is 0.269 e. The van der Waals surface area contributed by atoms with E-state index in [1.807, 2.05) is 5.38 Å². The Bertz CT molecular complexity index is 1010. The summed E-state index contributed by atoms with van der Waals surface area (Å²) in [6, 6.07) is 13.4. The third-order valence-electron chi connectivity index (χ3n) is 3.62. The van der Waals surface area contributed by atoms with Gasteiger partial charge in [0.2, 0.25) is 0 Å². The predicted molar refractivity (Wildman–Crippen MR) is 102 cm³/mol. The summed E-state index contributed by atoms with van der Waals surface area (Å²) in [4.78, 5) is 10.2. The second-order valence-electron chi connectivity index (χ2n) is 5.26. The highest BCUT2D eigenvalue weighted by molar-refractivity contribution is 7.12. The van der Waals surface area contributed by atoms with E-state index in [4.69, 9.17) is 27.9 Å². The Morgan fingerprint density at radius 3 is 2.50 bits per heavy atom. The molecule has 0 saturated carbocycles. The van der Waals surface area contributed by atoms with Crippen LogP contribution in [0.3, 0.4) is 0 Å². The summed E-state index contributed by atoms with van der Waals surface area (Å²) in [7, 11) is 0. The number of hydrogen-bond donors (Lipinski definition) is 0. The van der Waals surface area contributed by atoms with Gasteiger partial charge in [0.25, 0.3) is 5.69 Å². The summed E-state index contributed by atoms with van der Waals surface area (Å²) in [5.41, 5.74) is 2.69. The van der Waals surface area contributed by atoms with Crippen LogP contribution in [0.1, 0.15) is 11.1 Å². The number of thiophene rings is 1. The summed E-state index contributed by atoms with van der Waals surface area (Å²) < 4.78 is 5.74. The quantitative estimate of drug-likeness (QED) is 0.381. The number of hydrogen-bond acceptors (Lipinski definition) is 5. The van der Waals surface area contributed by atoms with Crippen LogP contribution in [0.15, 0.2) is 47.8 Å². The van der Waals surface area contributed by atoms with Crippen LogP contribution >= 0.6 is 34.5 Å². The van der Waals surface area contributed by atoms with Gasteiger partial charge in [-0.25, -0.2) is 0 Å². The first-order chi connectivity index (χ1) is 12.5. The van der Waals surface area contributed by atoms with Gasteiger partial charge < -0.3 is 4.74 Å². The standard InChI is InChI=1S/C18H10Cl2N2O3S/c19-16-6-3-12(7-17(16)20)15-10-26-18(14(15)8-21)25-9-11-1-4-13(5-2-11)22(23)24/h1-7,10H,9H2. The van der Waals surface area contributed by atoms with Gasteiger partial charge in [-0.2, -0.15) is 5.26 Å². The molecule has 0 atom stereocenters. The van der Waals surface area contributed by atoms with Gasteiger partial charge in [-0.1, -0.05) is 29.3 Å². The summed E-state index contributed by atoms with van der Waals surface area (Å²) in [5.74, 6) is 0. The molecule has 26 heavy (non-hydrogen) atoms. The molecule has 0 bridgehead atoms. The van der Waals surface area contributed by atoms with Crippen LogP contribution in [0, 0.1) is 21.4 Å². The molecule has 0 aliphatic heterocycles. The predicted octanol–water partition coefficient (Wildman–Crippen LogP) is 6.08. The number of nitriles is 1. The number of nitrogens with zero attached hydrogens (tertiary/aromatic N) is 2. The highest BCUT2D eigenvalue weighted by Gasteiger charge is 2.15. The molecule has 0 radical (unpaired) electrons. The van der Waals surface area contributed by atoms with Crippen LogP contribution in [0.25, 0.3) is 11.1 Å². The summed E-state index contributed by atoms with van der Waals surface area (Å²) >= 11 is 13.3. The monoisotopic (exact) mass is 404 g/mol. The Kier molecular flexibility index (Phi) is 5.43. The van der Waals surface area contributed by atoms with Crippen LogP contribution < -0.4 is 4.74 Å². The molecule has 0 saturated heterocycles. The van der Waals surface area contributed by atoms with E-state index in [1.54, 1.807) is 30.3 Å². The van der Waals surface area contributed by atoms with Crippen molar-refractivity contribution in [2.45, 2.75) is 6.61 Å². The molecule has 8 heteroatoms. The second-order valence-corrected chi connectivity index (χ2v) is 6.92. The van der Waals surface area contributed by atoms with Gasteiger partial charge in [0.05, 0.1) is 15.0 Å². The third-order valence-corrected chi connectivity index (χ3v) is 5.25. The van der Waals surface area contributed by atoms with Crippen molar-refractivity contribution in [1.29, 1.82) is 5.26 Å². The third kappa shape index (κ3) is 3.81. The smallest absolute Gasteiger partial charge is 0.269 e. The minimum absolute atomic E-state index is 0.0180. The molecule has 0 spiro atoms. The fraction of sp³-hybridized carbons (Fsp3) is 0.0556. The van der Waals surface area contributed by atoms with E-state index >= 15 is 0 Å². The molecule has 0 fully saturated rings. The first kappa shape index (κ1) is 18.2. The Hall–Kier alpha value is -2.59. The van der Waals surface area contributed by atoms with Crippen molar-refractivity contribution in [2.24, 2.45) is 0 Å². The molecule has 0 aliphatic rings. The average Bonchev–Trinajstić information content (AvgIpc) is 3.05. The van der Waals surface area contributed by atoms with Gasteiger partial charge in [0, 0.05) is 23.1 Å². The number of rotatable bonds is 5. The lowest BCUT2D eigenvalue weighted by Gasteiger charge is -2.05. The fourth-order valence-electron chi connectivity index (χ4n) is 2.29. The maximum absolute atomic E-state index is 10.7. The number of non-ortho nitro benzene ring substituents is 1. The topological polar surface area (TPSA) is 76.2 Å². The zero-order chi connectivity index (χ0) is 18.7. The molecule has 0 unspecified atom stereocenters. The van der Waals surface area contributed by atoms with Gasteiger partial charge in [0.1, 0.15) is 18.2 Å². The molecule has 1 heterocycles. The lowest BCUT2D eigenvalue weighted by Crippen LogP contribution is -1.96. The van der Waals surface area contributed by atoms with E-state index < -0.39 is 4.92 Å². The number of benzene rings is 2. The molecular weight excluding hydrogens is 395 g/mol. The average molecular weight is 405 g/mol. The molecule has 0 N–H and O–H groups in total. The SMILES string of the molecule is N#Cc1c(-c2ccc(Cl)c(Cl)c2)csc1OCc1ccc([N+](=O)[O-])cc1. The number of nitro benzene ring substituents is 1. The van der Waals surface area contributed by atoms with Crippen LogP contribution in [-0.4, -0.2) is 4.92 Å². The Balaban J connectivity index is 1.81.